The molecule has 84 valence electrons. The van der Waals surface area contributed by atoms with Gasteiger partial charge >= 0.3 is 0 Å². The van der Waals surface area contributed by atoms with E-state index in [1.165, 1.54) is 18.0 Å². The van der Waals surface area contributed by atoms with Crippen molar-refractivity contribution in [1.29, 1.82) is 0 Å². The van der Waals surface area contributed by atoms with Gasteiger partial charge in [0.05, 0.1) is 5.69 Å². The standard InChI is InChI=1S/C11H19N3S/c1-11(2)5-4-6-14(11)10-13-9(7-12-3)8-15-10/h8,12H,4-7H2,1-3H3. The van der Waals surface area contributed by atoms with Crippen molar-refractivity contribution >= 4 is 16.5 Å². The summed E-state index contributed by atoms with van der Waals surface area (Å²) < 4.78 is 0. The highest BCUT2D eigenvalue weighted by molar-refractivity contribution is 7.13. The van der Waals surface area contributed by atoms with E-state index in [1.807, 2.05) is 7.05 Å². The number of rotatable bonds is 3. The van der Waals surface area contributed by atoms with Gasteiger partial charge < -0.3 is 10.2 Å². The Morgan fingerprint density at radius 3 is 3.00 bits per heavy atom. The maximum absolute atomic E-state index is 4.66. The molecule has 1 aromatic rings. The van der Waals surface area contributed by atoms with Gasteiger partial charge in [0.2, 0.25) is 0 Å². The van der Waals surface area contributed by atoms with Gasteiger partial charge in [0.25, 0.3) is 0 Å². The molecule has 2 rings (SSSR count). The zero-order chi connectivity index (χ0) is 10.9. The van der Waals surface area contributed by atoms with Gasteiger partial charge in [-0.15, -0.1) is 11.3 Å². The fourth-order valence-corrected chi connectivity index (χ4v) is 3.16. The van der Waals surface area contributed by atoms with Crippen LogP contribution in [-0.4, -0.2) is 24.1 Å². The van der Waals surface area contributed by atoms with E-state index in [0.29, 0.717) is 0 Å². The minimum atomic E-state index is 0.286. The lowest BCUT2D eigenvalue weighted by Gasteiger charge is -2.31. The largest absolute Gasteiger partial charge is 0.343 e. The maximum Gasteiger partial charge on any atom is 0.185 e. The molecule has 1 aromatic heterocycles. The molecule has 0 aromatic carbocycles. The Balaban J connectivity index is 2.15. The molecule has 0 saturated carbocycles. The van der Waals surface area contributed by atoms with E-state index in [4.69, 9.17) is 0 Å². The molecule has 0 amide bonds. The van der Waals surface area contributed by atoms with Crippen LogP contribution in [0.4, 0.5) is 5.13 Å². The number of hydrogen-bond donors (Lipinski definition) is 1. The van der Waals surface area contributed by atoms with E-state index in [2.05, 4.69) is 34.4 Å². The smallest absolute Gasteiger partial charge is 0.185 e. The van der Waals surface area contributed by atoms with E-state index >= 15 is 0 Å². The van der Waals surface area contributed by atoms with E-state index in [0.717, 1.165) is 18.8 Å². The molecular weight excluding hydrogens is 206 g/mol. The third-order valence-corrected chi connectivity index (χ3v) is 3.94. The molecule has 0 unspecified atom stereocenters. The molecule has 1 aliphatic rings. The Morgan fingerprint density at radius 2 is 2.40 bits per heavy atom. The highest BCUT2D eigenvalue weighted by Gasteiger charge is 2.33. The Hall–Kier alpha value is -0.610. The average molecular weight is 225 g/mol. The first-order valence-corrected chi connectivity index (χ1v) is 6.38. The predicted octanol–water partition coefficient (Wildman–Crippen LogP) is 2.24. The monoisotopic (exact) mass is 225 g/mol. The molecule has 0 spiro atoms. The molecule has 2 heterocycles. The lowest BCUT2D eigenvalue weighted by Crippen LogP contribution is -2.38. The summed E-state index contributed by atoms with van der Waals surface area (Å²) in [7, 11) is 1.96. The van der Waals surface area contributed by atoms with Crippen LogP contribution in [0.3, 0.4) is 0 Å². The molecule has 1 fully saturated rings. The lowest BCUT2D eigenvalue weighted by molar-refractivity contribution is 0.517. The molecule has 1 N–H and O–H groups in total. The van der Waals surface area contributed by atoms with Gasteiger partial charge in [-0.1, -0.05) is 0 Å². The fraction of sp³-hybridized carbons (Fsp3) is 0.727. The van der Waals surface area contributed by atoms with Gasteiger partial charge in [-0.05, 0) is 33.7 Å². The van der Waals surface area contributed by atoms with Crippen molar-refractivity contribution in [2.75, 3.05) is 18.5 Å². The number of thiazole rings is 1. The molecular formula is C11H19N3S. The minimum Gasteiger partial charge on any atom is -0.343 e. The molecule has 0 bridgehead atoms. The number of nitrogens with zero attached hydrogens (tertiary/aromatic N) is 2. The summed E-state index contributed by atoms with van der Waals surface area (Å²) in [5.41, 5.74) is 1.44. The second kappa shape index (κ2) is 4.10. The summed E-state index contributed by atoms with van der Waals surface area (Å²) >= 11 is 1.76. The molecule has 0 atom stereocenters. The summed E-state index contributed by atoms with van der Waals surface area (Å²) in [6, 6.07) is 0. The highest BCUT2D eigenvalue weighted by atomic mass is 32.1. The van der Waals surface area contributed by atoms with Crippen molar-refractivity contribution in [2.24, 2.45) is 0 Å². The maximum atomic E-state index is 4.66. The number of nitrogens with one attached hydrogen (secondary N) is 1. The first-order valence-electron chi connectivity index (χ1n) is 5.50. The van der Waals surface area contributed by atoms with Crippen LogP contribution in [0, 0.1) is 0 Å². The lowest BCUT2D eigenvalue weighted by atomic mass is 10.0. The van der Waals surface area contributed by atoms with E-state index in [9.17, 15) is 0 Å². The molecule has 3 nitrogen and oxygen atoms in total. The van der Waals surface area contributed by atoms with E-state index < -0.39 is 0 Å². The Bertz CT molecular complexity index is 332. The number of aromatic nitrogens is 1. The Kier molecular flexibility index (Phi) is 2.98. The first-order chi connectivity index (χ1) is 7.13. The van der Waals surface area contributed by atoms with Crippen LogP contribution in [0.2, 0.25) is 0 Å². The SMILES string of the molecule is CNCc1csc(N2CCCC2(C)C)n1. The van der Waals surface area contributed by atoms with Gasteiger partial charge in [-0.25, -0.2) is 4.98 Å². The van der Waals surface area contributed by atoms with Crippen LogP contribution in [0.5, 0.6) is 0 Å². The molecule has 4 heteroatoms. The summed E-state index contributed by atoms with van der Waals surface area (Å²) in [6.45, 7) is 6.63. The third-order valence-electron chi connectivity index (χ3n) is 3.03. The van der Waals surface area contributed by atoms with Crippen molar-refractivity contribution in [3.8, 4) is 0 Å². The molecule has 1 saturated heterocycles. The number of hydrogen-bond acceptors (Lipinski definition) is 4. The normalized spacial score (nSPS) is 19.8. The predicted molar refractivity (Wildman–Crippen MR) is 65.5 cm³/mol. The Morgan fingerprint density at radius 1 is 1.60 bits per heavy atom. The summed E-state index contributed by atoms with van der Waals surface area (Å²) in [5.74, 6) is 0. The molecule has 1 aliphatic heterocycles. The number of anilines is 1. The van der Waals surface area contributed by atoms with Gasteiger partial charge in [0, 0.05) is 24.0 Å². The van der Waals surface area contributed by atoms with E-state index in [-0.39, 0.29) is 5.54 Å². The van der Waals surface area contributed by atoms with Crippen LogP contribution in [0.1, 0.15) is 32.4 Å². The zero-order valence-corrected chi connectivity index (χ0v) is 10.5. The average Bonchev–Trinajstić information content (AvgIpc) is 2.72. The molecule has 0 aliphatic carbocycles. The Labute approximate surface area is 95.5 Å². The summed E-state index contributed by atoms with van der Waals surface area (Å²) in [6.07, 6.45) is 2.56. The van der Waals surface area contributed by atoms with Gasteiger partial charge in [0.15, 0.2) is 5.13 Å². The summed E-state index contributed by atoms with van der Waals surface area (Å²) in [5, 5.41) is 6.47. The fourth-order valence-electron chi connectivity index (χ4n) is 2.14. The van der Waals surface area contributed by atoms with Crippen molar-refractivity contribution in [3.05, 3.63) is 11.1 Å². The van der Waals surface area contributed by atoms with Crippen LogP contribution in [-0.2, 0) is 6.54 Å². The third kappa shape index (κ3) is 2.16. The highest BCUT2D eigenvalue weighted by Crippen LogP contribution is 2.35. The van der Waals surface area contributed by atoms with Crippen LogP contribution >= 0.6 is 11.3 Å². The molecule has 0 radical (unpaired) electrons. The van der Waals surface area contributed by atoms with Crippen molar-refractivity contribution in [2.45, 2.75) is 38.8 Å². The van der Waals surface area contributed by atoms with Crippen molar-refractivity contribution < 1.29 is 0 Å². The summed E-state index contributed by atoms with van der Waals surface area (Å²) in [4.78, 5) is 7.10. The van der Waals surface area contributed by atoms with Gasteiger partial charge in [-0.2, -0.15) is 0 Å². The van der Waals surface area contributed by atoms with Crippen LogP contribution < -0.4 is 10.2 Å². The zero-order valence-electron chi connectivity index (χ0n) is 9.71. The van der Waals surface area contributed by atoms with Crippen molar-refractivity contribution in [3.63, 3.8) is 0 Å². The second-order valence-corrected chi connectivity index (χ2v) is 5.56. The molecule has 15 heavy (non-hydrogen) atoms. The second-order valence-electron chi connectivity index (χ2n) is 4.72. The quantitative estimate of drug-likeness (QED) is 0.855. The van der Waals surface area contributed by atoms with Gasteiger partial charge in [0.1, 0.15) is 0 Å². The van der Waals surface area contributed by atoms with E-state index in [1.54, 1.807) is 11.3 Å². The van der Waals surface area contributed by atoms with Crippen LogP contribution in [0.15, 0.2) is 5.38 Å². The topological polar surface area (TPSA) is 28.2 Å². The minimum absolute atomic E-state index is 0.286. The van der Waals surface area contributed by atoms with Crippen molar-refractivity contribution in [1.82, 2.24) is 10.3 Å². The van der Waals surface area contributed by atoms with Gasteiger partial charge in [-0.3, -0.25) is 0 Å². The first kappa shape index (κ1) is 10.9. The van der Waals surface area contributed by atoms with Crippen LogP contribution in [0.25, 0.3) is 0 Å².